The largest absolute Gasteiger partial charge is 0.478 e. The van der Waals surface area contributed by atoms with Crippen molar-refractivity contribution in [1.82, 2.24) is 0 Å². The van der Waals surface area contributed by atoms with Crippen LogP contribution < -0.4 is 0 Å². The lowest BCUT2D eigenvalue weighted by atomic mass is 9.45. The first-order valence-corrected chi connectivity index (χ1v) is 11.9. The zero-order valence-electron chi connectivity index (χ0n) is 19.4. The molecular formula is C26H30O8. The van der Waals surface area contributed by atoms with Crippen LogP contribution in [0.4, 0.5) is 0 Å². The number of carbonyl (C=O) groups is 4. The van der Waals surface area contributed by atoms with Crippen LogP contribution in [0.3, 0.4) is 0 Å². The summed E-state index contributed by atoms with van der Waals surface area (Å²) in [5.41, 5.74) is -2.31. The van der Waals surface area contributed by atoms with Gasteiger partial charge in [-0.25, -0.2) is 9.59 Å². The summed E-state index contributed by atoms with van der Waals surface area (Å²) in [4.78, 5) is 49.5. The second-order valence-electron chi connectivity index (χ2n) is 11.0. The summed E-state index contributed by atoms with van der Waals surface area (Å²) >= 11 is 0. The fourth-order valence-electron chi connectivity index (χ4n) is 8.02. The summed E-state index contributed by atoms with van der Waals surface area (Å²) in [6, 6.07) is 2.97. The molecule has 3 saturated carbocycles. The summed E-state index contributed by atoms with van der Waals surface area (Å²) in [6.07, 6.45) is 5.28. The Kier molecular flexibility index (Phi) is 5.17. The first-order valence-electron chi connectivity index (χ1n) is 11.9. The van der Waals surface area contributed by atoms with Crippen LogP contribution in [-0.4, -0.2) is 45.9 Å². The van der Waals surface area contributed by atoms with Crippen LogP contribution in [0.2, 0.25) is 0 Å². The van der Waals surface area contributed by atoms with E-state index in [2.05, 4.69) is 6.08 Å². The fraction of sp³-hybridized carbons (Fsp3) is 0.615. The molecule has 0 amide bonds. The summed E-state index contributed by atoms with van der Waals surface area (Å²) in [7, 11) is 0. The van der Waals surface area contributed by atoms with Crippen molar-refractivity contribution in [3.05, 3.63) is 35.8 Å². The highest BCUT2D eigenvalue weighted by atomic mass is 16.6. The van der Waals surface area contributed by atoms with E-state index in [0.29, 0.717) is 25.5 Å². The third-order valence-corrected chi connectivity index (χ3v) is 9.60. The van der Waals surface area contributed by atoms with Gasteiger partial charge in [-0.2, -0.15) is 0 Å². The number of aldehydes is 1. The van der Waals surface area contributed by atoms with Crippen molar-refractivity contribution in [3.8, 4) is 0 Å². The van der Waals surface area contributed by atoms with Gasteiger partial charge in [0, 0.05) is 11.8 Å². The predicted octanol–water partition coefficient (Wildman–Crippen LogP) is 3.19. The number of carboxylic acids is 1. The molecule has 0 bridgehead atoms. The van der Waals surface area contributed by atoms with Gasteiger partial charge in [0.25, 0.3) is 0 Å². The minimum absolute atomic E-state index is 0.0495. The van der Waals surface area contributed by atoms with E-state index in [9.17, 15) is 29.4 Å². The van der Waals surface area contributed by atoms with Crippen molar-refractivity contribution in [2.45, 2.75) is 64.1 Å². The monoisotopic (exact) mass is 470 g/mol. The maximum Gasteiger partial charge on any atom is 0.375 e. The van der Waals surface area contributed by atoms with Gasteiger partial charge in [-0.1, -0.05) is 25.5 Å². The normalized spacial score (nSPS) is 43.2. The Morgan fingerprint density at radius 3 is 2.68 bits per heavy atom. The van der Waals surface area contributed by atoms with E-state index in [1.165, 1.54) is 18.4 Å². The van der Waals surface area contributed by atoms with Crippen LogP contribution in [0.1, 0.15) is 62.9 Å². The topological polar surface area (TPSA) is 131 Å². The number of ether oxygens (including phenoxy) is 1. The highest BCUT2D eigenvalue weighted by Gasteiger charge is 2.71. The Bertz CT molecular complexity index is 1070. The van der Waals surface area contributed by atoms with Crippen LogP contribution in [0.25, 0.3) is 0 Å². The second kappa shape index (κ2) is 7.63. The highest BCUT2D eigenvalue weighted by Crippen LogP contribution is 2.68. The molecule has 8 heteroatoms. The number of aliphatic hydroxyl groups excluding tert-OH is 1. The highest BCUT2D eigenvalue weighted by molar-refractivity contribution is 5.96. The number of ketones is 1. The Hall–Kier alpha value is -2.74. The molecule has 2 N–H and O–H groups in total. The molecule has 8 nitrogen and oxygen atoms in total. The van der Waals surface area contributed by atoms with Gasteiger partial charge in [0.1, 0.15) is 12.1 Å². The van der Waals surface area contributed by atoms with Gasteiger partial charge < -0.3 is 24.2 Å². The Labute approximate surface area is 197 Å². The van der Waals surface area contributed by atoms with Gasteiger partial charge in [-0.3, -0.25) is 4.79 Å². The van der Waals surface area contributed by atoms with Crippen LogP contribution in [-0.2, 0) is 19.1 Å². The van der Waals surface area contributed by atoms with Crippen molar-refractivity contribution in [3.63, 3.8) is 0 Å². The van der Waals surface area contributed by atoms with Crippen molar-refractivity contribution in [1.29, 1.82) is 0 Å². The molecule has 0 aromatic carbocycles. The molecule has 182 valence electrons. The third-order valence-electron chi connectivity index (χ3n) is 9.60. The number of carboxylic acid groups (broad SMARTS) is 1. The smallest absolute Gasteiger partial charge is 0.375 e. The maximum atomic E-state index is 12.8. The Morgan fingerprint density at radius 2 is 2.03 bits per heavy atom. The minimum Gasteiger partial charge on any atom is -0.478 e. The fourth-order valence-corrected chi connectivity index (χ4v) is 8.02. The zero-order valence-corrected chi connectivity index (χ0v) is 19.4. The van der Waals surface area contributed by atoms with Crippen molar-refractivity contribution in [2.75, 3.05) is 0 Å². The minimum atomic E-state index is -1.79. The molecule has 0 radical (unpaired) electrons. The second-order valence-corrected chi connectivity index (χ2v) is 11.0. The van der Waals surface area contributed by atoms with E-state index in [0.717, 1.165) is 5.57 Å². The molecule has 0 aliphatic heterocycles. The van der Waals surface area contributed by atoms with Gasteiger partial charge in [-0.15, -0.1) is 0 Å². The first-order chi connectivity index (χ1) is 16.1. The van der Waals surface area contributed by atoms with Crippen molar-refractivity contribution < 1.29 is 38.5 Å². The lowest BCUT2D eigenvalue weighted by Gasteiger charge is -2.60. The Morgan fingerprint density at radius 1 is 1.26 bits per heavy atom. The third kappa shape index (κ3) is 2.93. The van der Waals surface area contributed by atoms with Gasteiger partial charge in [0.15, 0.2) is 0 Å². The van der Waals surface area contributed by atoms with Crippen LogP contribution >= 0.6 is 0 Å². The van der Waals surface area contributed by atoms with Crippen LogP contribution in [0.15, 0.2) is 34.5 Å². The molecule has 0 saturated heterocycles. The molecule has 4 aliphatic carbocycles. The van der Waals surface area contributed by atoms with E-state index in [1.807, 2.05) is 13.8 Å². The molecule has 8 atom stereocenters. The summed E-state index contributed by atoms with van der Waals surface area (Å²) in [5.74, 6) is -3.23. The molecule has 1 unspecified atom stereocenters. The number of furan rings is 1. The summed E-state index contributed by atoms with van der Waals surface area (Å²) in [5, 5.41) is 21.9. The number of rotatable bonds is 4. The Balaban J connectivity index is 1.52. The molecule has 4 aliphatic rings. The number of hydrogen-bond donors (Lipinski definition) is 2. The predicted molar refractivity (Wildman–Crippen MR) is 118 cm³/mol. The number of aliphatic carboxylic acids is 1. The number of carbonyl (C=O) groups excluding carboxylic acids is 3. The number of Topliss-reactive ketones (excluding diaryl/α,β-unsaturated/α-hetero) is 1. The van der Waals surface area contributed by atoms with Gasteiger partial charge in [0.2, 0.25) is 11.4 Å². The number of allylic oxidation sites excluding steroid dienone is 2. The quantitative estimate of drug-likeness (QED) is 0.297. The van der Waals surface area contributed by atoms with E-state index in [1.54, 1.807) is 0 Å². The number of esters is 1. The van der Waals surface area contributed by atoms with Crippen molar-refractivity contribution >= 4 is 24.0 Å². The van der Waals surface area contributed by atoms with Crippen molar-refractivity contribution in [2.24, 2.45) is 34.5 Å². The molecule has 1 aromatic heterocycles. The van der Waals surface area contributed by atoms with Crippen LogP contribution in [0.5, 0.6) is 0 Å². The van der Waals surface area contributed by atoms with Gasteiger partial charge >= 0.3 is 11.9 Å². The van der Waals surface area contributed by atoms with E-state index >= 15 is 0 Å². The van der Waals surface area contributed by atoms with Gasteiger partial charge in [0.05, 0.1) is 18.3 Å². The molecular weight excluding hydrogens is 440 g/mol. The molecule has 34 heavy (non-hydrogen) atoms. The molecule has 3 fully saturated rings. The SMILES string of the molecule is C[C@]12CC(C=O)C(=O)CC1=CC[C@@H]1[C@@H]2[C@@H](O)C[C@@]2(C)[C@H]1CC[C@]2(OC(=O)c1ccco1)C(=O)O. The average Bonchev–Trinajstić information content (AvgIpc) is 3.41. The van der Waals surface area contributed by atoms with E-state index < -0.39 is 40.4 Å². The number of fused-ring (bicyclic) bond motifs is 5. The van der Waals surface area contributed by atoms with E-state index in [4.69, 9.17) is 9.15 Å². The van der Waals surface area contributed by atoms with Crippen LogP contribution in [0, 0.1) is 34.5 Å². The standard InChI is InChI=1S/C26H30O8/c1-24-11-14(13-27)18(28)10-15(24)5-6-16-17-7-8-26(23(31)32,25(17,2)12-19(29)21(16)24)34-22(30)20-4-3-9-33-20/h3-5,9,13-14,16-17,19,21,29H,6-8,10-12H2,1-2H3,(H,31,32)/t14?,16-,17-,19-,21+,24-,25-,26-/m0/s1. The molecule has 1 heterocycles. The average molecular weight is 471 g/mol. The summed E-state index contributed by atoms with van der Waals surface area (Å²) < 4.78 is 10.9. The molecule has 0 spiro atoms. The maximum absolute atomic E-state index is 12.8. The molecule has 1 aromatic rings. The lowest BCUT2D eigenvalue weighted by Crippen LogP contribution is -2.63. The first kappa shape index (κ1) is 23.0. The van der Waals surface area contributed by atoms with E-state index in [-0.39, 0.29) is 48.6 Å². The summed E-state index contributed by atoms with van der Waals surface area (Å²) in [6.45, 7) is 3.84. The number of aliphatic hydroxyl groups is 1. The molecule has 5 rings (SSSR count). The number of hydrogen-bond acceptors (Lipinski definition) is 7. The zero-order chi connectivity index (χ0) is 24.5. The van der Waals surface area contributed by atoms with Gasteiger partial charge in [-0.05, 0) is 67.4 Å². The lowest BCUT2D eigenvalue weighted by molar-refractivity contribution is -0.194.